The van der Waals surface area contributed by atoms with Crippen molar-refractivity contribution >= 4 is 11.9 Å². The van der Waals surface area contributed by atoms with Crippen LogP contribution in [0.4, 0.5) is 0 Å². The van der Waals surface area contributed by atoms with Gasteiger partial charge in [0.15, 0.2) is 0 Å². The van der Waals surface area contributed by atoms with Crippen molar-refractivity contribution in [3.63, 3.8) is 0 Å². The van der Waals surface area contributed by atoms with Gasteiger partial charge in [0.1, 0.15) is 6.10 Å². The summed E-state index contributed by atoms with van der Waals surface area (Å²) in [6, 6.07) is 0. The molecule has 1 saturated carbocycles. The van der Waals surface area contributed by atoms with Gasteiger partial charge in [-0.2, -0.15) is 0 Å². The first-order chi connectivity index (χ1) is 13.8. The van der Waals surface area contributed by atoms with Crippen molar-refractivity contribution in [1.29, 1.82) is 0 Å². The summed E-state index contributed by atoms with van der Waals surface area (Å²) in [6.45, 7) is 9.05. The zero-order chi connectivity index (χ0) is 21.6. The van der Waals surface area contributed by atoms with Gasteiger partial charge in [-0.15, -0.1) is 0 Å². The summed E-state index contributed by atoms with van der Waals surface area (Å²) in [5.74, 6) is 0.314. The predicted octanol–water partition coefficient (Wildman–Crippen LogP) is 7.00. The minimum Gasteiger partial charge on any atom is -0.481 e. The zero-order valence-electron chi connectivity index (χ0n) is 19.5. The average Bonchev–Trinajstić information content (AvgIpc) is 2.67. The zero-order valence-corrected chi connectivity index (χ0v) is 19.5. The molecule has 0 radical (unpaired) electrons. The van der Waals surface area contributed by atoms with Crippen LogP contribution in [0, 0.1) is 23.7 Å². The van der Waals surface area contributed by atoms with Crippen LogP contribution in [0.15, 0.2) is 0 Å². The van der Waals surface area contributed by atoms with Crippen molar-refractivity contribution in [2.45, 2.75) is 124 Å². The minimum absolute atomic E-state index is 0.0389. The highest BCUT2D eigenvalue weighted by molar-refractivity contribution is 5.74. The van der Waals surface area contributed by atoms with Gasteiger partial charge in [-0.25, -0.2) is 0 Å². The van der Waals surface area contributed by atoms with Gasteiger partial charge in [0.25, 0.3) is 0 Å². The monoisotopic (exact) mass is 410 g/mol. The Hall–Kier alpha value is -1.06. The molecule has 0 heterocycles. The van der Waals surface area contributed by atoms with Crippen LogP contribution in [0.5, 0.6) is 0 Å². The summed E-state index contributed by atoms with van der Waals surface area (Å²) in [5, 5.41) is 9.14. The molecule has 0 aromatic heterocycles. The molecular weight excluding hydrogens is 364 g/mol. The maximum absolute atomic E-state index is 12.7. The van der Waals surface area contributed by atoms with Crippen LogP contribution in [-0.2, 0) is 14.3 Å². The third kappa shape index (κ3) is 12.3. The summed E-state index contributed by atoms with van der Waals surface area (Å²) in [4.78, 5) is 23.8. The molecule has 0 saturated heterocycles. The number of carbonyl (C=O) groups excluding carboxylic acids is 1. The van der Waals surface area contributed by atoms with Gasteiger partial charge in [-0.3, -0.25) is 9.59 Å². The smallest absolute Gasteiger partial charge is 0.309 e. The van der Waals surface area contributed by atoms with E-state index >= 15 is 0 Å². The minimum atomic E-state index is -0.725. The van der Waals surface area contributed by atoms with Crippen LogP contribution in [0.1, 0.15) is 118 Å². The third-order valence-electron chi connectivity index (χ3n) is 6.31. The molecular formula is C25H46O4. The van der Waals surface area contributed by atoms with E-state index in [-0.39, 0.29) is 23.9 Å². The second-order valence-corrected chi connectivity index (χ2v) is 10.0. The molecule has 1 atom stereocenters. The molecule has 1 aliphatic carbocycles. The van der Waals surface area contributed by atoms with Gasteiger partial charge in [-0.1, -0.05) is 66.2 Å². The van der Waals surface area contributed by atoms with E-state index in [4.69, 9.17) is 9.84 Å². The number of carboxylic acids is 1. The Labute approximate surface area is 179 Å². The molecule has 1 unspecified atom stereocenters. The van der Waals surface area contributed by atoms with Crippen molar-refractivity contribution in [1.82, 2.24) is 0 Å². The molecule has 1 aliphatic rings. The number of unbranched alkanes of at least 4 members (excludes halogenated alkanes) is 4. The molecule has 0 bridgehead atoms. The maximum atomic E-state index is 12.7. The topological polar surface area (TPSA) is 63.6 Å². The van der Waals surface area contributed by atoms with E-state index in [1.54, 1.807) is 0 Å². The highest BCUT2D eigenvalue weighted by Gasteiger charge is 2.31. The van der Waals surface area contributed by atoms with Crippen LogP contribution >= 0.6 is 0 Å². The van der Waals surface area contributed by atoms with E-state index in [0.29, 0.717) is 25.7 Å². The Bertz CT molecular complexity index is 450. The Morgan fingerprint density at radius 2 is 1.14 bits per heavy atom. The molecule has 1 fully saturated rings. The number of hydrogen-bond donors (Lipinski definition) is 1. The van der Waals surface area contributed by atoms with Crippen molar-refractivity contribution < 1.29 is 19.4 Å². The number of carboxylic acid groups (broad SMARTS) is 1. The molecule has 0 aromatic carbocycles. The summed E-state index contributed by atoms with van der Waals surface area (Å²) in [7, 11) is 0. The lowest BCUT2D eigenvalue weighted by molar-refractivity contribution is -0.158. The predicted molar refractivity (Wildman–Crippen MR) is 119 cm³/mol. The number of esters is 1. The second kappa shape index (κ2) is 14.8. The summed E-state index contributed by atoms with van der Waals surface area (Å²) in [6.07, 6.45) is 14.3. The van der Waals surface area contributed by atoms with Crippen LogP contribution < -0.4 is 0 Å². The van der Waals surface area contributed by atoms with Crippen molar-refractivity contribution in [2.75, 3.05) is 0 Å². The molecule has 0 spiro atoms. The highest BCUT2D eigenvalue weighted by atomic mass is 16.5. The maximum Gasteiger partial charge on any atom is 0.309 e. The molecule has 29 heavy (non-hydrogen) atoms. The molecule has 0 aromatic rings. The van der Waals surface area contributed by atoms with Crippen molar-refractivity contribution in [2.24, 2.45) is 23.7 Å². The molecule has 170 valence electrons. The first kappa shape index (κ1) is 26.0. The molecule has 1 N–H and O–H groups in total. The molecule has 1 rings (SSSR count). The number of rotatable bonds is 15. The second-order valence-electron chi connectivity index (χ2n) is 10.0. The van der Waals surface area contributed by atoms with Crippen LogP contribution in [0.3, 0.4) is 0 Å². The number of carbonyl (C=O) groups is 2. The summed E-state index contributed by atoms with van der Waals surface area (Å²) >= 11 is 0. The Kier molecular flexibility index (Phi) is 13.3. The standard InChI is InChI=1S/C25H46O4/c1-19(2)11-7-5-6-8-13-23(14-10-9-12-20(3)4)29-25(28)22-17-15-21(16-18-22)24(26)27/h19-23H,5-18H2,1-4H3,(H,26,27). The lowest BCUT2D eigenvalue weighted by atomic mass is 9.82. The number of ether oxygens (including phenoxy) is 1. The Balaban J connectivity index is 2.39. The van der Waals surface area contributed by atoms with Crippen molar-refractivity contribution in [3.8, 4) is 0 Å². The molecule has 4 nitrogen and oxygen atoms in total. The third-order valence-corrected chi connectivity index (χ3v) is 6.31. The summed E-state index contributed by atoms with van der Waals surface area (Å²) < 4.78 is 5.95. The quantitative estimate of drug-likeness (QED) is 0.233. The fraction of sp³-hybridized carbons (Fsp3) is 0.920. The largest absolute Gasteiger partial charge is 0.481 e. The number of hydrogen-bond acceptors (Lipinski definition) is 3. The van der Waals surface area contributed by atoms with E-state index in [1.165, 1.54) is 38.5 Å². The Morgan fingerprint density at radius 3 is 1.62 bits per heavy atom. The normalized spacial score (nSPS) is 20.8. The van der Waals surface area contributed by atoms with Crippen LogP contribution in [-0.4, -0.2) is 23.1 Å². The van der Waals surface area contributed by atoms with Gasteiger partial charge >= 0.3 is 11.9 Å². The first-order valence-electron chi connectivity index (χ1n) is 12.2. The van der Waals surface area contributed by atoms with E-state index in [0.717, 1.165) is 37.5 Å². The lowest BCUT2D eigenvalue weighted by Gasteiger charge is -2.27. The van der Waals surface area contributed by atoms with Gasteiger partial charge in [0, 0.05) is 0 Å². The van der Waals surface area contributed by atoms with Gasteiger partial charge < -0.3 is 9.84 Å². The van der Waals surface area contributed by atoms with Crippen molar-refractivity contribution in [3.05, 3.63) is 0 Å². The Morgan fingerprint density at radius 1 is 0.724 bits per heavy atom. The lowest BCUT2D eigenvalue weighted by Crippen LogP contribution is -2.29. The van der Waals surface area contributed by atoms with E-state index in [9.17, 15) is 9.59 Å². The van der Waals surface area contributed by atoms with Crippen LogP contribution in [0.25, 0.3) is 0 Å². The molecule has 4 heteroatoms. The van der Waals surface area contributed by atoms with E-state index in [1.807, 2.05) is 0 Å². The molecule has 0 aliphatic heterocycles. The highest BCUT2D eigenvalue weighted by Crippen LogP contribution is 2.30. The van der Waals surface area contributed by atoms with E-state index < -0.39 is 5.97 Å². The van der Waals surface area contributed by atoms with Gasteiger partial charge in [0.05, 0.1) is 11.8 Å². The van der Waals surface area contributed by atoms with Gasteiger partial charge in [0.2, 0.25) is 0 Å². The fourth-order valence-electron chi connectivity index (χ4n) is 4.30. The summed E-state index contributed by atoms with van der Waals surface area (Å²) in [5.41, 5.74) is 0. The number of aliphatic carboxylic acids is 1. The molecule has 0 amide bonds. The fourth-order valence-corrected chi connectivity index (χ4v) is 4.30. The SMILES string of the molecule is CC(C)CCCCCCC(CCCCC(C)C)OC(=O)C1CCC(C(=O)O)CC1. The van der Waals surface area contributed by atoms with E-state index in [2.05, 4.69) is 27.7 Å². The average molecular weight is 411 g/mol. The van der Waals surface area contributed by atoms with Gasteiger partial charge in [-0.05, 0) is 63.2 Å². The first-order valence-corrected chi connectivity index (χ1v) is 12.2. The van der Waals surface area contributed by atoms with Crippen LogP contribution in [0.2, 0.25) is 0 Å².